The predicted octanol–water partition coefficient (Wildman–Crippen LogP) is 4.82. The van der Waals surface area contributed by atoms with Crippen LogP contribution in [-0.4, -0.2) is 21.6 Å². The van der Waals surface area contributed by atoms with Gasteiger partial charge in [-0.2, -0.15) is 0 Å². The number of carbonyl (C=O) groups excluding carboxylic acids is 2. The van der Waals surface area contributed by atoms with E-state index in [0.29, 0.717) is 16.6 Å². The Morgan fingerprint density at radius 2 is 1.96 bits per heavy atom. The van der Waals surface area contributed by atoms with Gasteiger partial charge in [0.05, 0.1) is 11.2 Å². The van der Waals surface area contributed by atoms with Crippen molar-refractivity contribution >= 4 is 22.8 Å². The Bertz CT molecular complexity index is 1050. The van der Waals surface area contributed by atoms with E-state index in [4.69, 9.17) is 4.74 Å². The highest BCUT2D eigenvalue weighted by Crippen LogP contribution is 2.36. The maximum absolute atomic E-state index is 13.6. The lowest BCUT2D eigenvalue weighted by atomic mass is 10.1. The molecule has 0 saturated heterocycles. The first-order chi connectivity index (χ1) is 13.3. The van der Waals surface area contributed by atoms with Crippen LogP contribution in [0.1, 0.15) is 42.7 Å². The summed E-state index contributed by atoms with van der Waals surface area (Å²) in [6, 6.07) is 9.86. The molecule has 0 aliphatic rings. The van der Waals surface area contributed by atoms with Gasteiger partial charge in [0.2, 0.25) is 0 Å². The number of halogens is 1. The summed E-state index contributed by atoms with van der Waals surface area (Å²) in [5.74, 6) is -0.984. The fourth-order valence-corrected chi connectivity index (χ4v) is 3.10. The van der Waals surface area contributed by atoms with Crippen LogP contribution in [0.4, 0.5) is 4.39 Å². The number of phenols is 1. The van der Waals surface area contributed by atoms with Crippen LogP contribution < -0.4 is 4.74 Å². The van der Waals surface area contributed by atoms with Gasteiger partial charge in [-0.25, -0.2) is 4.39 Å². The van der Waals surface area contributed by atoms with Crippen LogP contribution in [0.15, 0.2) is 42.5 Å². The lowest BCUT2D eigenvalue weighted by molar-refractivity contribution is -0.135. The van der Waals surface area contributed by atoms with Crippen molar-refractivity contribution in [3.05, 3.63) is 59.5 Å². The van der Waals surface area contributed by atoms with Crippen LogP contribution in [0.2, 0.25) is 0 Å². The van der Waals surface area contributed by atoms with E-state index in [1.165, 1.54) is 34.9 Å². The molecule has 0 aliphatic heterocycles. The summed E-state index contributed by atoms with van der Waals surface area (Å²) >= 11 is 0. The molecular formula is C22H22FNO4. The van der Waals surface area contributed by atoms with E-state index in [9.17, 15) is 19.1 Å². The number of benzene rings is 2. The minimum absolute atomic E-state index is 0.0120. The molecular weight excluding hydrogens is 361 g/mol. The Balaban J connectivity index is 2.10. The van der Waals surface area contributed by atoms with Crippen molar-refractivity contribution in [2.24, 2.45) is 5.92 Å². The number of nitrogens with zero attached hydrogens (tertiary/aromatic N) is 1. The number of ether oxygens (including phenoxy) is 1. The number of hydrogen-bond acceptors (Lipinski definition) is 4. The van der Waals surface area contributed by atoms with Gasteiger partial charge in [-0.3, -0.25) is 14.2 Å². The van der Waals surface area contributed by atoms with Crippen LogP contribution in [0.3, 0.4) is 0 Å². The number of aromatic hydroxyl groups is 1. The second-order valence-corrected chi connectivity index (χ2v) is 6.96. The van der Waals surface area contributed by atoms with Crippen molar-refractivity contribution in [3.63, 3.8) is 0 Å². The molecule has 2 aromatic carbocycles. The molecule has 1 aromatic heterocycles. The molecule has 0 spiro atoms. The Kier molecular flexibility index (Phi) is 5.49. The Morgan fingerprint density at radius 1 is 1.21 bits per heavy atom. The molecule has 6 heteroatoms. The fourth-order valence-electron chi connectivity index (χ4n) is 3.10. The van der Waals surface area contributed by atoms with Gasteiger partial charge in [-0.15, -0.1) is 0 Å². The summed E-state index contributed by atoms with van der Waals surface area (Å²) in [6.45, 7) is 5.60. The fraction of sp³-hybridized carbons (Fsp3) is 0.273. The van der Waals surface area contributed by atoms with Crippen molar-refractivity contribution in [3.8, 4) is 11.5 Å². The number of phenolic OH excluding ortho intramolecular Hbond substituents is 1. The summed E-state index contributed by atoms with van der Waals surface area (Å²) in [4.78, 5) is 25.4. The van der Waals surface area contributed by atoms with Gasteiger partial charge in [-0.1, -0.05) is 26.3 Å². The molecule has 0 fully saturated rings. The van der Waals surface area contributed by atoms with E-state index in [1.54, 1.807) is 13.0 Å². The first kappa shape index (κ1) is 19.6. The normalized spacial score (nSPS) is 12.1. The summed E-state index contributed by atoms with van der Waals surface area (Å²) in [6.07, 6.45) is 1.09. The summed E-state index contributed by atoms with van der Waals surface area (Å²) in [5.41, 5.74) is 1.05. The topological polar surface area (TPSA) is 68.5 Å². The second kappa shape index (κ2) is 7.84. The van der Waals surface area contributed by atoms with Gasteiger partial charge in [0, 0.05) is 17.4 Å². The molecule has 146 valence electrons. The molecule has 1 atom stereocenters. The second-order valence-electron chi connectivity index (χ2n) is 6.96. The first-order valence-corrected chi connectivity index (χ1v) is 9.16. The summed E-state index contributed by atoms with van der Waals surface area (Å²) in [5, 5.41) is 10.3. The number of rotatable bonds is 5. The largest absolute Gasteiger partial charge is 0.508 e. The smallest absolute Gasteiger partial charge is 0.311 e. The molecule has 0 saturated carbocycles. The zero-order valence-corrected chi connectivity index (χ0v) is 16.0. The van der Waals surface area contributed by atoms with E-state index in [2.05, 4.69) is 0 Å². The van der Waals surface area contributed by atoms with E-state index < -0.39 is 17.7 Å². The average Bonchev–Trinajstić information content (AvgIpc) is 2.92. The molecule has 0 aliphatic carbocycles. The number of esters is 1. The number of aromatic nitrogens is 1. The molecule has 1 heterocycles. The van der Waals surface area contributed by atoms with E-state index in [1.807, 2.05) is 13.8 Å². The highest BCUT2D eigenvalue weighted by Gasteiger charge is 2.23. The van der Waals surface area contributed by atoms with Crippen molar-refractivity contribution < 1.29 is 23.8 Å². The summed E-state index contributed by atoms with van der Waals surface area (Å²) in [7, 11) is 0. The maximum atomic E-state index is 13.6. The van der Waals surface area contributed by atoms with Crippen LogP contribution in [0.25, 0.3) is 10.9 Å². The maximum Gasteiger partial charge on any atom is 0.311 e. The minimum atomic E-state index is -0.516. The minimum Gasteiger partial charge on any atom is -0.508 e. The predicted molar refractivity (Wildman–Crippen MR) is 104 cm³/mol. The SMILES string of the molecule is CCC(C)CC(=O)Oc1c(C)n(C(=O)c2cccc(F)c2)c2ccc(O)cc12. The monoisotopic (exact) mass is 383 g/mol. The first-order valence-electron chi connectivity index (χ1n) is 9.16. The van der Waals surface area contributed by atoms with Gasteiger partial charge in [-0.05, 0) is 49.2 Å². The molecule has 0 radical (unpaired) electrons. The number of hydrogen-bond donors (Lipinski definition) is 1. The van der Waals surface area contributed by atoms with E-state index in [0.717, 1.165) is 12.5 Å². The summed E-state index contributed by atoms with van der Waals surface area (Å²) < 4.78 is 20.5. The molecule has 3 aromatic rings. The Labute approximate surface area is 162 Å². The molecule has 28 heavy (non-hydrogen) atoms. The zero-order chi connectivity index (χ0) is 20.4. The van der Waals surface area contributed by atoms with Crippen LogP contribution in [0.5, 0.6) is 11.5 Å². The molecule has 0 amide bonds. The van der Waals surface area contributed by atoms with Gasteiger partial charge in [0.25, 0.3) is 5.91 Å². The van der Waals surface area contributed by atoms with Gasteiger partial charge in [0.15, 0.2) is 5.75 Å². The third-order valence-corrected chi connectivity index (χ3v) is 4.83. The van der Waals surface area contributed by atoms with Crippen molar-refractivity contribution in [1.29, 1.82) is 0 Å². The molecule has 5 nitrogen and oxygen atoms in total. The van der Waals surface area contributed by atoms with Crippen LogP contribution in [-0.2, 0) is 4.79 Å². The van der Waals surface area contributed by atoms with Crippen molar-refractivity contribution in [1.82, 2.24) is 4.57 Å². The quantitative estimate of drug-likeness (QED) is 0.641. The third kappa shape index (κ3) is 3.76. The third-order valence-electron chi connectivity index (χ3n) is 4.83. The number of fused-ring (bicyclic) bond motifs is 1. The molecule has 3 rings (SSSR count). The van der Waals surface area contributed by atoms with Gasteiger partial charge < -0.3 is 9.84 Å². The Hall–Kier alpha value is -3.15. The van der Waals surface area contributed by atoms with Gasteiger partial charge >= 0.3 is 5.97 Å². The van der Waals surface area contributed by atoms with Crippen molar-refractivity contribution in [2.75, 3.05) is 0 Å². The average molecular weight is 383 g/mol. The van der Waals surface area contributed by atoms with Crippen molar-refractivity contribution in [2.45, 2.75) is 33.6 Å². The highest BCUT2D eigenvalue weighted by molar-refractivity contribution is 6.05. The van der Waals surface area contributed by atoms with E-state index >= 15 is 0 Å². The molecule has 1 N–H and O–H groups in total. The lowest BCUT2D eigenvalue weighted by Crippen LogP contribution is -2.15. The van der Waals surface area contributed by atoms with Gasteiger partial charge in [0.1, 0.15) is 11.6 Å². The highest BCUT2D eigenvalue weighted by atomic mass is 19.1. The molecule has 1 unspecified atom stereocenters. The van der Waals surface area contributed by atoms with Crippen LogP contribution >= 0.6 is 0 Å². The Morgan fingerprint density at radius 3 is 2.64 bits per heavy atom. The van der Waals surface area contributed by atoms with E-state index in [-0.39, 0.29) is 29.4 Å². The molecule has 0 bridgehead atoms. The number of carbonyl (C=O) groups is 2. The lowest BCUT2D eigenvalue weighted by Gasteiger charge is -2.09. The zero-order valence-electron chi connectivity index (χ0n) is 16.0. The standard InChI is InChI=1S/C22H22FNO4/c1-4-13(2)10-20(26)28-21-14(3)24(19-9-8-17(25)12-18(19)21)22(27)15-6-5-7-16(23)11-15/h5-9,11-13,25H,4,10H2,1-3H3. The van der Waals surface area contributed by atoms with Crippen LogP contribution in [0, 0.1) is 18.7 Å².